The summed E-state index contributed by atoms with van der Waals surface area (Å²) in [6.45, 7) is 2.25. The Morgan fingerprint density at radius 2 is 1.48 bits per heavy atom. The normalized spacial score (nSPS) is 11.7. The van der Waals surface area contributed by atoms with E-state index >= 15 is 0 Å². The molecular weight excluding hydrogens is 314 g/mol. The summed E-state index contributed by atoms with van der Waals surface area (Å²) in [7, 11) is 1.58. The van der Waals surface area contributed by atoms with Gasteiger partial charge in [0.05, 0.1) is 12.8 Å². The van der Waals surface area contributed by atoms with Gasteiger partial charge in [0, 0.05) is 5.56 Å². The molecule has 0 fully saturated rings. The highest BCUT2D eigenvalue weighted by atomic mass is 16.5. The van der Waals surface area contributed by atoms with E-state index < -0.39 is 0 Å². The molecule has 1 aromatic carbocycles. The van der Waals surface area contributed by atoms with Crippen LogP contribution in [0.4, 0.5) is 0 Å². The number of hydrogen-bond donors (Lipinski definition) is 2. The first-order valence-corrected chi connectivity index (χ1v) is 9.81. The Morgan fingerprint density at radius 1 is 0.920 bits per heavy atom. The molecule has 0 amide bonds. The molecule has 25 heavy (non-hydrogen) atoms. The fraction of sp³-hybridized carbons (Fsp3) is 0.667. The lowest BCUT2D eigenvalue weighted by atomic mass is 10.0. The molecule has 0 heterocycles. The number of benzene rings is 1. The van der Waals surface area contributed by atoms with Crippen LogP contribution in [0.5, 0.6) is 11.5 Å². The number of aromatic hydroxyl groups is 1. The highest BCUT2D eigenvalue weighted by Crippen LogP contribution is 2.25. The average molecular weight is 350 g/mol. The number of unbranched alkanes of at least 4 members (excludes halogenated alkanes) is 10. The Balaban J connectivity index is 2.18. The Bertz CT molecular complexity index is 500. The maximum absolute atomic E-state index is 9.96. The second-order valence-electron chi connectivity index (χ2n) is 6.72. The van der Waals surface area contributed by atoms with Crippen LogP contribution in [0.3, 0.4) is 0 Å². The van der Waals surface area contributed by atoms with E-state index in [1.54, 1.807) is 25.3 Å². The Kier molecular flexibility index (Phi) is 11.6. The minimum absolute atomic E-state index is 0.122. The fourth-order valence-corrected chi connectivity index (χ4v) is 3.07. The molecule has 0 saturated heterocycles. The molecule has 1 aromatic rings. The molecule has 0 radical (unpaired) electrons. The van der Waals surface area contributed by atoms with Gasteiger partial charge in [0.15, 0.2) is 0 Å². The van der Waals surface area contributed by atoms with Gasteiger partial charge in [-0.25, -0.2) is 0 Å². The third-order valence-corrected chi connectivity index (χ3v) is 4.65. The Labute approximate surface area is 152 Å². The summed E-state index contributed by atoms with van der Waals surface area (Å²) in [4.78, 5) is 0. The lowest BCUT2D eigenvalue weighted by Crippen LogP contribution is -2.02. The molecule has 0 spiro atoms. The first-order valence-electron chi connectivity index (χ1n) is 9.81. The second kappa shape index (κ2) is 13.6. The largest absolute Gasteiger partial charge is 0.507 e. The smallest absolute Gasteiger partial charge is 0.125 e. The maximum atomic E-state index is 9.96. The first-order chi connectivity index (χ1) is 12.2. The van der Waals surface area contributed by atoms with Crippen molar-refractivity contribution in [2.75, 3.05) is 7.11 Å². The van der Waals surface area contributed by atoms with Gasteiger partial charge >= 0.3 is 0 Å². The summed E-state index contributed by atoms with van der Waals surface area (Å²) >= 11 is 0. The number of phenols is 1. The zero-order chi connectivity index (χ0) is 18.3. The third kappa shape index (κ3) is 8.80. The Morgan fingerprint density at radius 3 is 2.00 bits per heavy atom. The zero-order valence-electron chi connectivity index (χ0n) is 16.0. The zero-order valence-corrected chi connectivity index (χ0v) is 16.0. The summed E-state index contributed by atoms with van der Waals surface area (Å²) in [5.41, 5.74) is 1.07. The SMILES string of the molecule is CCCCCCCCCCCCC/C(=N\O)c1cc(OC)ccc1O. The molecule has 4 nitrogen and oxygen atoms in total. The van der Waals surface area contributed by atoms with Crippen LogP contribution in [0, 0.1) is 0 Å². The predicted molar refractivity (Wildman–Crippen MR) is 104 cm³/mol. The van der Waals surface area contributed by atoms with Gasteiger partial charge in [0.25, 0.3) is 0 Å². The third-order valence-electron chi connectivity index (χ3n) is 4.65. The summed E-state index contributed by atoms with van der Waals surface area (Å²) in [6, 6.07) is 4.97. The van der Waals surface area contributed by atoms with Crippen molar-refractivity contribution in [3.05, 3.63) is 23.8 Å². The van der Waals surface area contributed by atoms with Crippen LogP contribution in [0.1, 0.15) is 89.5 Å². The lowest BCUT2D eigenvalue weighted by Gasteiger charge is -2.09. The molecule has 0 aliphatic rings. The van der Waals surface area contributed by atoms with Crippen molar-refractivity contribution in [2.45, 2.75) is 84.0 Å². The number of ether oxygens (including phenoxy) is 1. The molecule has 1 rings (SSSR count). The van der Waals surface area contributed by atoms with Gasteiger partial charge in [-0.2, -0.15) is 0 Å². The van der Waals surface area contributed by atoms with Gasteiger partial charge in [0.2, 0.25) is 0 Å². The van der Waals surface area contributed by atoms with E-state index in [0.29, 0.717) is 23.4 Å². The average Bonchev–Trinajstić information content (AvgIpc) is 2.63. The quantitative estimate of drug-likeness (QED) is 0.180. The number of hydrogen-bond acceptors (Lipinski definition) is 4. The fourth-order valence-electron chi connectivity index (χ4n) is 3.07. The minimum atomic E-state index is 0.122. The summed E-state index contributed by atoms with van der Waals surface area (Å²) in [5.74, 6) is 0.768. The monoisotopic (exact) mass is 349 g/mol. The number of methoxy groups -OCH3 is 1. The van der Waals surface area contributed by atoms with Crippen LogP contribution >= 0.6 is 0 Å². The van der Waals surface area contributed by atoms with E-state index in [-0.39, 0.29) is 5.75 Å². The molecule has 0 saturated carbocycles. The van der Waals surface area contributed by atoms with Crippen molar-refractivity contribution in [1.82, 2.24) is 0 Å². The van der Waals surface area contributed by atoms with Crippen LogP contribution in [-0.2, 0) is 0 Å². The second-order valence-corrected chi connectivity index (χ2v) is 6.72. The summed E-state index contributed by atoms with van der Waals surface area (Å²) in [5, 5.41) is 22.6. The van der Waals surface area contributed by atoms with Gasteiger partial charge < -0.3 is 15.1 Å². The topological polar surface area (TPSA) is 62.1 Å². The van der Waals surface area contributed by atoms with Gasteiger partial charge in [-0.1, -0.05) is 76.3 Å². The van der Waals surface area contributed by atoms with E-state index in [4.69, 9.17) is 4.74 Å². The lowest BCUT2D eigenvalue weighted by molar-refractivity contribution is 0.317. The van der Waals surface area contributed by atoms with E-state index in [0.717, 1.165) is 12.8 Å². The van der Waals surface area contributed by atoms with Crippen molar-refractivity contribution in [3.63, 3.8) is 0 Å². The highest BCUT2D eigenvalue weighted by Gasteiger charge is 2.11. The van der Waals surface area contributed by atoms with Gasteiger partial charge in [-0.05, 0) is 31.0 Å². The van der Waals surface area contributed by atoms with Crippen LogP contribution in [0.15, 0.2) is 23.4 Å². The van der Waals surface area contributed by atoms with Crippen molar-refractivity contribution in [2.24, 2.45) is 5.16 Å². The molecule has 0 aliphatic carbocycles. The number of oxime groups is 1. The molecule has 0 aliphatic heterocycles. The van der Waals surface area contributed by atoms with E-state index in [1.807, 2.05) is 0 Å². The molecule has 0 atom stereocenters. The maximum Gasteiger partial charge on any atom is 0.125 e. The van der Waals surface area contributed by atoms with E-state index in [9.17, 15) is 10.3 Å². The van der Waals surface area contributed by atoms with Crippen molar-refractivity contribution in [3.8, 4) is 11.5 Å². The van der Waals surface area contributed by atoms with Crippen LogP contribution < -0.4 is 4.74 Å². The predicted octanol–water partition coefficient (Wildman–Crippen LogP) is 6.28. The van der Waals surface area contributed by atoms with E-state index in [2.05, 4.69) is 12.1 Å². The molecule has 0 unspecified atom stereocenters. The van der Waals surface area contributed by atoms with Crippen LogP contribution in [0.2, 0.25) is 0 Å². The Hall–Kier alpha value is -1.71. The molecule has 142 valence electrons. The molecular formula is C21H35NO3. The molecule has 2 N–H and O–H groups in total. The molecule has 4 heteroatoms. The number of nitrogens with zero attached hydrogens (tertiary/aromatic N) is 1. The van der Waals surface area contributed by atoms with Crippen molar-refractivity contribution >= 4 is 5.71 Å². The van der Waals surface area contributed by atoms with Gasteiger partial charge in [-0.15, -0.1) is 0 Å². The van der Waals surface area contributed by atoms with Gasteiger partial charge in [-0.3, -0.25) is 0 Å². The summed E-state index contributed by atoms with van der Waals surface area (Å²) in [6.07, 6.45) is 14.8. The molecule has 0 bridgehead atoms. The van der Waals surface area contributed by atoms with Crippen molar-refractivity contribution < 1.29 is 15.1 Å². The van der Waals surface area contributed by atoms with Crippen molar-refractivity contribution in [1.29, 1.82) is 0 Å². The first kappa shape index (κ1) is 21.3. The van der Waals surface area contributed by atoms with Crippen LogP contribution in [0.25, 0.3) is 0 Å². The molecule has 0 aromatic heterocycles. The van der Waals surface area contributed by atoms with Gasteiger partial charge in [0.1, 0.15) is 11.5 Å². The highest BCUT2D eigenvalue weighted by molar-refractivity contribution is 6.02. The summed E-state index contributed by atoms with van der Waals surface area (Å²) < 4.78 is 5.17. The number of phenolic OH excluding ortho intramolecular Hbond substituents is 1. The minimum Gasteiger partial charge on any atom is -0.507 e. The standard InChI is InChI=1S/C21H35NO3/c1-3-4-5-6-7-8-9-10-11-12-13-14-20(22-24)19-17-18(25-2)15-16-21(19)23/h15-17,23-24H,3-14H2,1-2H3/b22-20+. The van der Waals surface area contributed by atoms with Crippen LogP contribution in [-0.4, -0.2) is 23.1 Å². The van der Waals surface area contributed by atoms with E-state index in [1.165, 1.54) is 57.8 Å². The number of rotatable bonds is 14.